The number of carbonyl (C=O) groups excluding carboxylic acids is 2. The van der Waals surface area contributed by atoms with Crippen molar-refractivity contribution in [3.63, 3.8) is 0 Å². The van der Waals surface area contributed by atoms with Crippen molar-refractivity contribution in [2.75, 3.05) is 20.8 Å². The second kappa shape index (κ2) is 8.79. The van der Waals surface area contributed by atoms with Crippen LogP contribution in [0.4, 0.5) is 4.39 Å². The lowest BCUT2D eigenvalue weighted by atomic mass is 10.1. The molecule has 8 heteroatoms. The highest BCUT2D eigenvalue weighted by Crippen LogP contribution is 2.22. The quantitative estimate of drug-likeness (QED) is 0.568. The molecule has 0 saturated heterocycles. The summed E-state index contributed by atoms with van der Waals surface area (Å²) in [5.41, 5.74) is 1.33. The van der Waals surface area contributed by atoms with E-state index in [1.165, 1.54) is 35.5 Å². The van der Waals surface area contributed by atoms with Gasteiger partial charge in [0.05, 0.1) is 30.3 Å². The zero-order valence-corrected chi connectivity index (χ0v) is 16.3. The first kappa shape index (κ1) is 19.8. The second-order valence-corrected chi connectivity index (χ2v) is 7.25. The third kappa shape index (κ3) is 4.83. The van der Waals surface area contributed by atoms with Gasteiger partial charge >= 0.3 is 5.97 Å². The number of halogens is 1. The number of thiazole rings is 1. The average molecular weight is 402 g/mol. The molecule has 1 heterocycles. The van der Waals surface area contributed by atoms with E-state index >= 15 is 0 Å². The Morgan fingerprint density at radius 1 is 1.21 bits per heavy atom. The molecule has 0 bridgehead atoms. The van der Waals surface area contributed by atoms with E-state index in [1.54, 1.807) is 13.1 Å². The molecule has 2 aromatic carbocycles. The van der Waals surface area contributed by atoms with Gasteiger partial charge in [0.25, 0.3) is 5.91 Å². The summed E-state index contributed by atoms with van der Waals surface area (Å²) in [6.07, 6.45) is -0.129. The smallest absolute Gasteiger partial charge is 0.310 e. The summed E-state index contributed by atoms with van der Waals surface area (Å²) < 4.78 is 24.6. The Hall–Kier alpha value is -3.00. The Morgan fingerprint density at radius 2 is 2.00 bits per heavy atom. The van der Waals surface area contributed by atoms with E-state index in [0.717, 1.165) is 15.2 Å². The van der Waals surface area contributed by atoms with Gasteiger partial charge in [-0.25, -0.2) is 9.37 Å². The molecule has 0 aliphatic rings. The van der Waals surface area contributed by atoms with E-state index in [9.17, 15) is 14.0 Å². The van der Waals surface area contributed by atoms with E-state index in [0.29, 0.717) is 12.1 Å². The maximum absolute atomic E-state index is 13.7. The Balaban J connectivity index is 1.49. The number of fused-ring (bicyclic) bond motifs is 1. The Kier molecular flexibility index (Phi) is 6.20. The summed E-state index contributed by atoms with van der Waals surface area (Å²) in [5, 5.41) is 0.803. The molecule has 3 rings (SSSR count). The number of methoxy groups -OCH3 is 1. The molecule has 6 nitrogen and oxygen atoms in total. The van der Waals surface area contributed by atoms with Crippen molar-refractivity contribution in [1.29, 1.82) is 0 Å². The van der Waals surface area contributed by atoms with Gasteiger partial charge in [0.2, 0.25) is 0 Å². The highest BCUT2D eigenvalue weighted by Gasteiger charge is 2.15. The fraction of sp³-hybridized carbons (Fsp3) is 0.250. The summed E-state index contributed by atoms with van der Waals surface area (Å²) in [5.74, 6) is -1.40. The second-order valence-electron chi connectivity index (χ2n) is 6.13. The maximum Gasteiger partial charge on any atom is 0.310 e. The number of ether oxygens (including phenoxy) is 2. The van der Waals surface area contributed by atoms with Gasteiger partial charge in [0, 0.05) is 7.05 Å². The predicted octanol–water partition coefficient (Wildman–Crippen LogP) is 3.19. The van der Waals surface area contributed by atoms with Crippen molar-refractivity contribution in [3.8, 4) is 5.75 Å². The molecule has 0 N–H and O–H groups in total. The molecule has 0 fully saturated rings. The highest BCUT2D eigenvalue weighted by atomic mass is 32.1. The molecule has 0 aliphatic carbocycles. The van der Waals surface area contributed by atoms with E-state index in [-0.39, 0.29) is 24.7 Å². The van der Waals surface area contributed by atoms with Crippen LogP contribution in [-0.2, 0) is 27.3 Å². The number of hydrogen-bond donors (Lipinski definition) is 0. The predicted molar refractivity (Wildman–Crippen MR) is 104 cm³/mol. The van der Waals surface area contributed by atoms with E-state index in [2.05, 4.69) is 4.98 Å². The van der Waals surface area contributed by atoms with Gasteiger partial charge in [-0.3, -0.25) is 9.59 Å². The number of carbonyl (C=O) groups is 2. The van der Waals surface area contributed by atoms with Crippen molar-refractivity contribution < 1.29 is 23.5 Å². The molecule has 1 aromatic heterocycles. The SMILES string of the molecule is COc1ccc(CC(=O)OCC(=O)N(C)Cc2nc3ccccc3s2)cc1F. The molecule has 28 heavy (non-hydrogen) atoms. The Labute approximate surface area is 165 Å². The molecular formula is C20H19FN2O4S. The zero-order valence-electron chi connectivity index (χ0n) is 15.5. The number of para-hydroxylation sites is 1. The van der Waals surface area contributed by atoms with Crippen LogP contribution in [0.1, 0.15) is 10.6 Å². The molecule has 0 atom stereocenters. The van der Waals surface area contributed by atoms with Gasteiger partial charge in [-0.2, -0.15) is 0 Å². The molecular weight excluding hydrogens is 383 g/mol. The van der Waals surface area contributed by atoms with Crippen LogP contribution in [0, 0.1) is 5.82 Å². The minimum Gasteiger partial charge on any atom is -0.494 e. The molecule has 1 amide bonds. The maximum atomic E-state index is 13.7. The molecule has 146 valence electrons. The normalized spacial score (nSPS) is 10.7. The monoisotopic (exact) mass is 402 g/mol. The first-order valence-electron chi connectivity index (χ1n) is 8.52. The van der Waals surface area contributed by atoms with Crippen LogP contribution in [-0.4, -0.2) is 42.5 Å². The van der Waals surface area contributed by atoms with E-state index in [1.807, 2.05) is 24.3 Å². The van der Waals surface area contributed by atoms with Crippen molar-refractivity contribution in [1.82, 2.24) is 9.88 Å². The lowest BCUT2D eigenvalue weighted by Crippen LogP contribution is -2.31. The topological polar surface area (TPSA) is 68.7 Å². The van der Waals surface area contributed by atoms with Gasteiger partial charge in [-0.05, 0) is 29.8 Å². The fourth-order valence-electron chi connectivity index (χ4n) is 2.57. The van der Waals surface area contributed by atoms with Crippen LogP contribution in [0.5, 0.6) is 5.75 Å². The number of esters is 1. The lowest BCUT2D eigenvalue weighted by Gasteiger charge is -2.15. The molecule has 0 spiro atoms. The van der Waals surface area contributed by atoms with Gasteiger partial charge in [0.1, 0.15) is 5.01 Å². The van der Waals surface area contributed by atoms with E-state index < -0.39 is 11.8 Å². The number of amides is 1. The molecule has 0 aliphatic heterocycles. The summed E-state index contributed by atoms with van der Waals surface area (Å²) >= 11 is 1.51. The Morgan fingerprint density at radius 3 is 2.71 bits per heavy atom. The van der Waals surface area contributed by atoms with Crippen LogP contribution in [0.3, 0.4) is 0 Å². The third-order valence-electron chi connectivity index (χ3n) is 4.06. The lowest BCUT2D eigenvalue weighted by molar-refractivity contribution is -0.151. The molecule has 0 radical (unpaired) electrons. The number of aromatic nitrogens is 1. The van der Waals surface area contributed by atoms with Crippen molar-refractivity contribution in [3.05, 3.63) is 58.9 Å². The number of nitrogens with zero attached hydrogens (tertiary/aromatic N) is 2. The zero-order chi connectivity index (χ0) is 20.1. The molecule has 3 aromatic rings. The van der Waals surface area contributed by atoms with Crippen LogP contribution in [0.2, 0.25) is 0 Å². The standard InChI is InChI=1S/C20H19FN2O4S/c1-23(11-18-22-15-5-3-4-6-17(15)28-18)19(24)12-27-20(25)10-13-7-8-16(26-2)14(21)9-13/h3-9H,10-12H2,1-2H3. The summed E-state index contributed by atoms with van der Waals surface area (Å²) in [7, 11) is 2.99. The van der Waals surface area contributed by atoms with Crippen molar-refractivity contribution in [2.45, 2.75) is 13.0 Å². The first-order chi connectivity index (χ1) is 13.5. The first-order valence-corrected chi connectivity index (χ1v) is 9.34. The minimum atomic E-state index is -0.605. The average Bonchev–Trinajstić information content (AvgIpc) is 3.08. The van der Waals surface area contributed by atoms with Crippen LogP contribution in [0.15, 0.2) is 42.5 Å². The molecule has 0 saturated carbocycles. The fourth-order valence-corrected chi connectivity index (χ4v) is 3.59. The summed E-state index contributed by atoms with van der Waals surface area (Å²) in [6, 6.07) is 12.0. The summed E-state index contributed by atoms with van der Waals surface area (Å²) in [6.45, 7) is -0.0434. The van der Waals surface area contributed by atoms with E-state index in [4.69, 9.17) is 9.47 Å². The molecule has 0 unspecified atom stereocenters. The largest absolute Gasteiger partial charge is 0.494 e. The van der Waals surface area contributed by atoms with Crippen molar-refractivity contribution >= 4 is 33.4 Å². The van der Waals surface area contributed by atoms with Crippen LogP contribution >= 0.6 is 11.3 Å². The number of benzene rings is 2. The number of hydrogen-bond acceptors (Lipinski definition) is 6. The van der Waals surface area contributed by atoms with Gasteiger partial charge in [0.15, 0.2) is 18.2 Å². The van der Waals surface area contributed by atoms with Gasteiger partial charge in [-0.1, -0.05) is 18.2 Å². The number of rotatable bonds is 7. The van der Waals surface area contributed by atoms with Crippen LogP contribution < -0.4 is 4.74 Å². The third-order valence-corrected chi connectivity index (χ3v) is 5.08. The van der Waals surface area contributed by atoms with Crippen LogP contribution in [0.25, 0.3) is 10.2 Å². The van der Waals surface area contributed by atoms with Gasteiger partial charge < -0.3 is 14.4 Å². The van der Waals surface area contributed by atoms with Gasteiger partial charge in [-0.15, -0.1) is 11.3 Å². The number of likely N-dealkylation sites (N-methyl/N-ethyl adjacent to an activating group) is 1. The Bertz CT molecular complexity index is 972. The minimum absolute atomic E-state index is 0.101. The highest BCUT2D eigenvalue weighted by molar-refractivity contribution is 7.18. The van der Waals surface area contributed by atoms with Crippen molar-refractivity contribution in [2.24, 2.45) is 0 Å². The summed E-state index contributed by atoms with van der Waals surface area (Å²) in [4.78, 5) is 30.1.